The molecule has 0 aliphatic heterocycles. The fourth-order valence-electron chi connectivity index (χ4n) is 2.78. The largest absolute Gasteiger partial charge is 0.295 e. The molecule has 0 saturated heterocycles. The normalized spacial score (nSPS) is 14.3. The number of hydrogen-bond acceptors (Lipinski definition) is 5. The molecule has 0 aliphatic carbocycles. The van der Waals surface area contributed by atoms with E-state index in [2.05, 4.69) is 0 Å². The standard InChI is InChI=1S/C21H23NO5S/c1-17(23)19(15-18-9-5-3-6-10-18)16-21(2,22(24)25)13-14-28(26,27)20-11-7-4-8-12-20/h3-12,15H,13-14,16H2,1-2H3/b19-15-. The fourth-order valence-corrected chi connectivity index (χ4v) is 4.30. The van der Waals surface area contributed by atoms with Crippen molar-refractivity contribution >= 4 is 21.7 Å². The molecule has 28 heavy (non-hydrogen) atoms. The number of carbonyl (C=O) groups is 1. The summed E-state index contributed by atoms with van der Waals surface area (Å²) in [5.41, 5.74) is -0.522. The van der Waals surface area contributed by atoms with E-state index in [1.54, 1.807) is 36.4 Å². The average molecular weight is 401 g/mol. The number of carbonyl (C=O) groups excluding carboxylic acids is 1. The first kappa shape index (κ1) is 21.5. The van der Waals surface area contributed by atoms with Crippen LogP contribution in [0.5, 0.6) is 0 Å². The summed E-state index contributed by atoms with van der Waals surface area (Å²) in [5, 5.41) is 11.8. The molecule has 0 fully saturated rings. The van der Waals surface area contributed by atoms with Gasteiger partial charge in [-0.2, -0.15) is 0 Å². The van der Waals surface area contributed by atoms with Gasteiger partial charge in [-0.15, -0.1) is 0 Å². The van der Waals surface area contributed by atoms with Crippen LogP contribution in [0.15, 0.2) is 71.1 Å². The first-order chi connectivity index (χ1) is 13.1. The van der Waals surface area contributed by atoms with Gasteiger partial charge in [-0.05, 0) is 30.7 Å². The van der Waals surface area contributed by atoms with Crippen LogP contribution in [0.2, 0.25) is 0 Å². The second-order valence-corrected chi connectivity index (χ2v) is 9.06. The van der Waals surface area contributed by atoms with Crippen molar-refractivity contribution in [2.75, 3.05) is 5.75 Å². The van der Waals surface area contributed by atoms with Crippen LogP contribution >= 0.6 is 0 Å². The third-order valence-corrected chi connectivity index (χ3v) is 6.35. The van der Waals surface area contributed by atoms with E-state index < -0.39 is 20.3 Å². The number of benzene rings is 2. The van der Waals surface area contributed by atoms with Crippen molar-refractivity contribution in [1.29, 1.82) is 0 Å². The SMILES string of the molecule is CC(=O)/C(=C\c1ccccc1)CC(C)(CCS(=O)(=O)c1ccccc1)[N+](=O)[O-]. The summed E-state index contributed by atoms with van der Waals surface area (Å²) >= 11 is 0. The number of Topliss-reactive ketones (excluding diaryl/α,β-unsaturated/α-hetero) is 1. The highest BCUT2D eigenvalue weighted by atomic mass is 32.2. The fraction of sp³-hybridized carbons (Fsp3) is 0.286. The maximum absolute atomic E-state index is 12.5. The van der Waals surface area contributed by atoms with Gasteiger partial charge in [0.15, 0.2) is 15.6 Å². The Labute approximate surface area is 165 Å². The number of sulfone groups is 1. The number of ketones is 1. The van der Waals surface area contributed by atoms with Crippen molar-refractivity contribution in [2.24, 2.45) is 0 Å². The molecule has 0 heterocycles. The molecule has 2 rings (SSSR count). The van der Waals surface area contributed by atoms with Gasteiger partial charge in [0.1, 0.15) is 0 Å². The summed E-state index contributed by atoms with van der Waals surface area (Å²) in [6, 6.07) is 16.9. The summed E-state index contributed by atoms with van der Waals surface area (Å²) in [5.74, 6) is -0.645. The minimum absolute atomic E-state index is 0.132. The molecule has 2 aromatic rings. The van der Waals surface area contributed by atoms with E-state index in [4.69, 9.17) is 0 Å². The Morgan fingerprint density at radius 2 is 1.61 bits per heavy atom. The number of nitrogens with zero attached hydrogens (tertiary/aromatic N) is 1. The maximum atomic E-state index is 12.5. The average Bonchev–Trinajstić information content (AvgIpc) is 2.67. The van der Waals surface area contributed by atoms with Gasteiger partial charge < -0.3 is 0 Å². The van der Waals surface area contributed by atoms with E-state index >= 15 is 0 Å². The second kappa shape index (κ2) is 8.93. The van der Waals surface area contributed by atoms with Crippen LogP contribution in [0.1, 0.15) is 32.3 Å². The van der Waals surface area contributed by atoms with Crippen LogP contribution in [-0.4, -0.2) is 30.4 Å². The number of rotatable bonds is 9. The van der Waals surface area contributed by atoms with E-state index in [9.17, 15) is 23.3 Å². The monoisotopic (exact) mass is 401 g/mol. The lowest BCUT2D eigenvalue weighted by molar-refractivity contribution is -0.565. The highest BCUT2D eigenvalue weighted by Gasteiger charge is 2.40. The van der Waals surface area contributed by atoms with Crippen LogP contribution in [0, 0.1) is 10.1 Å². The highest BCUT2D eigenvalue weighted by Crippen LogP contribution is 2.27. The summed E-state index contributed by atoms with van der Waals surface area (Å²) in [6.45, 7) is 2.74. The second-order valence-electron chi connectivity index (χ2n) is 6.95. The highest BCUT2D eigenvalue weighted by molar-refractivity contribution is 7.91. The lowest BCUT2D eigenvalue weighted by Gasteiger charge is -2.22. The molecule has 148 valence electrons. The van der Waals surface area contributed by atoms with E-state index in [-0.39, 0.29) is 29.3 Å². The maximum Gasteiger partial charge on any atom is 0.224 e. The molecule has 0 N–H and O–H groups in total. The zero-order valence-electron chi connectivity index (χ0n) is 15.9. The molecule has 0 amide bonds. The molecule has 7 heteroatoms. The van der Waals surface area contributed by atoms with Crippen LogP contribution in [0.25, 0.3) is 6.08 Å². The summed E-state index contributed by atoms with van der Waals surface area (Å²) in [7, 11) is -3.65. The van der Waals surface area contributed by atoms with Gasteiger partial charge in [-0.1, -0.05) is 48.5 Å². The molecule has 1 unspecified atom stereocenters. The number of hydrogen-bond donors (Lipinski definition) is 0. The molecule has 2 aromatic carbocycles. The lowest BCUT2D eigenvalue weighted by atomic mass is 9.88. The van der Waals surface area contributed by atoms with Crippen molar-refractivity contribution < 1.29 is 18.1 Å². The molecule has 0 bridgehead atoms. The Balaban J connectivity index is 2.26. The predicted molar refractivity (Wildman–Crippen MR) is 108 cm³/mol. The molecule has 1 atom stereocenters. The molecule has 0 radical (unpaired) electrons. The molecule has 0 aliphatic rings. The Hall–Kier alpha value is -2.80. The third-order valence-electron chi connectivity index (χ3n) is 4.62. The topological polar surface area (TPSA) is 94.3 Å². The van der Waals surface area contributed by atoms with Gasteiger partial charge >= 0.3 is 0 Å². The predicted octanol–water partition coefficient (Wildman–Crippen LogP) is 3.95. The van der Waals surface area contributed by atoms with Crippen molar-refractivity contribution in [3.8, 4) is 0 Å². The summed E-state index contributed by atoms with van der Waals surface area (Å²) in [6.07, 6.45) is 1.28. The molecule has 0 spiro atoms. The molecular weight excluding hydrogens is 378 g/mol. The summed E-state index contributed by atoms with van der Waals surface area (Å²) < 4.78 is 25.0. The minimum atomic E-state index is -3.65. The van der Waals surface area contributed by atoms with E-state index in [0.29, 0.717) is 5.57 Å². The summed E-state index contributed by atoms with van der Waals surface area (Å²) in [4.78, 5) is 23.5. The molecule has 0 aromatic heterocycles. The van der Waals surface area contributed by atoms with Crippen molar-refractivity contribution in [2.45, 2.75) is 37.1 Å². The first-order valence-corrected chi connectivity index (χ1v) is 10.5. The van der Waals surface area contributed by atoms with Crippen molar-refractivity contribution in [3.63, 3.8) is 0 Å². The van der Waals surface area contributed by atoms with Crippen LogP contribution in [0.3, 0.4) is 0 Å². The van der Waals surface area contributed by atoms with Crippen molar-refractivity contribution in [3.05, 3.63) is 81.9 Å². The Morgan fingerprint density at radius 1 is 1.07 bits per heavy atom. The smallest absolute Gasteiger partial charge is 0.224 e. The first-order valence-electron chi connectivity index (χ1n) is 8.83. The zero-order chi connectivity index (χ0) is 20.8. The van der Waals surface area contributed by atoms with Gasteiger partial charge in [0.25, 0.3) is 0 Å². The van der Waals surface area contributed by atoms with Gasteiger partial charge in [-0.25, -0.2) is 8.42 Å². The Kier molecular flexibility index (Phi) is 6.85. The Bertz CT molecular complexity index is 968. The zero-order valence-corrected chi connectivity index (χ0v) is 16.7. The Morgan fingerprint density at radius 3 is 2.11 bits per heavy atom. The van der Waals surface area contributed by atoms with E-state index in [1.807, 2.05) is 18.2 Å². The lowest BCUT2D eigenvalue weighted by Crippen LogP contribution is -2.38. The van der Waals surface area contributed by atoms with Gasteiger partial charge in [0.05, 0.1) is 10.6 Å². The number of nitro groups is 1. The van der Waals surface area contributed by atoms with Gasteiger partial charge in [0, 0.05) is 30.3 Å². The molecule has 0 saturated carbocycles. The van der Waals surface area contributed by atoms with Crippen LogP contribution < -0.4 is 0 Å². The third kappa shape index (κ3) is 5.60. The van der Waals surface area contributed by atoms with Crippen LogP contribution in [0.4, 0.5) is 0 Å². The van der Waals surface area contributed by atoms with Gasteiger partial charge in [0.2, 0.25) is 5.54 Å². The van der Waals surface area contributed by atoms with Crippen LogP contribution in [-0.2, 0) is 14.6 Å². The van der Waals surface area contributed by atoms with E-state index in [0.717, 1.165) is 5.56 Å². The van der Waals surface area contributed by atoms with Gasteiger partial charge in [-0.3, -0.25) is 14.9 Å². The minimum Gasteiger partial charge on any atom is -0.295 e. The molecule has 6 nitrogen and oxygen atoms in total. The quantitative estimate of drug-likeness (QED) is 0.360. The van der Waals surface area contributed by atoms with E-state index in [1.165, 1.54) is 26.0 Å². The molecular formula is C21H23NO5S. The van der Waals surface area contributed by atoms with Crippen molar-refractivity contribution in [1.82, 2.24) is 0 Å².